The van der Waals surface area contributed by atoms with Gasteiger partial charge in [0.05, 0.1) is 0 Å². The van der Waals surface area contributed by atoms with Crippen molar-refractivity contribution in [3.8, 4) is 0 Å². The maximum atomic E-state index is 12.1. The monoisotopic (exact) mass is 301 g/mol. The van der Waals surface area contributed by atoms with Gasteiger partial charge in [0.2, 0.25) is 0 Å². The minimum Gasteiger partial charge on any atom is -0.330 e. The smallest absolute Gasteiger partial charge is 0.137 e. The normalized spacial score (nSPS) is 12.7. The molecule has 2 N–H and O–H groups in total. The third kappa shape index (κ3) is 5.94. The molecule has 0 aliphatic rings. The van der Waals surface area contributed by atoms with Gasteiger partial charge in [0.1, 0.15) is 5.78 Å². The number of nitrogens with two attached hydrogens (primary N) is 1. The lowest BCUT2D eigenvalue weighted by Crippen LogP contribution is -2.20. The van der Waals surface area contributed by atoms with Gasteiger partial charge in [0, 0.05) is 22.9 Å². The van der Waals surface area contributed by atoms with Crippen molar-refractivity contribution in [1.82, 2.24) is 0 Å². The van der Waals surface area contributed by atoms with Crippen LogP contribution in [0.5, 0.6) is 0 Å². The van der Waals surface area contributed by atoms with Crippen molar-refractivity contribution in [3.05, 3.63) is 33.8 Å². The highest BCUT2D eigenvalue weighted by molar-refractivity contribution is 6.35. The minimum atomic E-state index is 0.181. The first-order valence-electron chi connectivity index (χ1n) is 6.58. The van der Waals surface area contributed by atoms with Crippen molar-refractivity contribution in [1.29, 1.82) is 0 Å². The molecule has 1 aromatic carbocycles. The summed E-state index contributed by atoms with van der Waals surface area (Å²) in [4.78, 5) is 12.1. The van der Waals surface area contributed by atoms with Crippen molar-refractivity contribution >= 4 is 29.0 Å². The lowest BCUT2D eigenvalue weighted by Gasteiger charge is -2.16. The molecule has 0 bridgehead atoms. The summed E-state index contributed by atoms with van der Waals surface area (Å²) in [7, 11) is 0. The fraction of sp³-hybridized carbons (Fsp3) is 0.533. The largest absolute Gasteiger partial charge is 0.330 e. The van der Waals surface area contributed by atoms with Gasteiger partial charge in [0.15, 0.2) is 0 Å². The molecule has 0 amide bonds. The number of carbonyl (C=O) groups is 1. The number of rotatable bonds is 7. The average molecular weight is 302 g/mol. The molecule has 0 fully saturated rings. The predicted molar refractivity (Wildman–Crippen MR) is 81.8 cm³/mol. The van der Waals surface area contributed by atoms with Crippen molar-refractivity contribution in [3.63, 3.8) is 0 Å². The number of benzene rings is 1. The van der Waals surface area contributed by atoms with E-state index in [1.54, 1.807) is 12.1 Å². The molecule has 0 radical (unpaired) electrons. The summed E-state index contributed by atoms with van der Waals surface area (Å²) in [5, 5.41) is 1.13. The van der Waals surface area contributed by atoms with E-state index in [9.17, 15) is 4.79 Å². The van der Waals surface area contributed by atoms with E-state index in [0.717, 1.165) is 12.0 Å². The summed E-state index contributed by atoms with van der Waals surface area (Å²) >= 11 is 11.9. The first-order valence-corrected chi connectivity index (χ1v) is 7.33. The van der Waals surface area contributed by atoms with Gasteiger partial charge in [0.25, 0.3) is 0 Å². The molecular weight excluding hydrogens is 281 g/mol. The number of hydrogen-bond donors (Lipinski definition) is 1. The molecular formula is C15H21Cl2NO. The highest BCUT2D eigenvalue weighted by Gasteiger charge is 2.15. The van der Waals surface area contributed by atoms with Gasteiger partial charge in [-0.25, -0.2) is 0 Å². The maximum Gasteiger partial charge on any atom is 0.137 e. The van der Waals surface area contributed by atoms with Crippen LogP contribution in [0.1, 0.15) is 32.3 Å². The van der Waals surface area contributed by atoms with Crippen LogP contribution in [0.2, 0.25) is 10.0 Å². The van der Waals surface area contributed by atoms with Gasteiger partial charge < -0.3 is 5.73 Å². The zero-order valence-electron chi connectivity index (χ0n) is 11.5. The molecule has 1 rings (SSSR count). The second-order valence-corrected chi connectivity index (χ2v) is 6.23. The van der Waals surface area contributed by atoms with Gasteiger partial charge in [-0.1, -0.05) is 43.1 Å². The van der Waals surface area contributed by atoms with Gasteiger partial charge in [-0.05, 0) is 42.5 Å². The van der Waals surface area contributed by atoms with Gasteiger partial charge in [-0.3, -0.25) is 4.79 Å². The molecule has 0 aromatic heterocycles. The molecule has 4 heteroatoms. The number of ketones is 1. The molecule has 0 saturated heterocycles. The standard InChI is InChI=1S/C15H21Cl2NO/c1-10(2)5-11(9-18)6-14(19)7-12-3-4-13(16)8-15(12)17/h3-4,8,10-11H,5-7,9,18H2,1-2H3. The Morgan fingerprint density at radius 3 is 2.53 bits per heavy atom. The van der Waals surface area contributed by atoms with Crippen molar-refractivity contribution in [2.45, 2.75) is 33.1 Å². The van der Waals surface area contributed by atoms with Crippen molar-refractivity contribution in [2.24, 2.45) is 17.6 Å². The summed E-state index contributed by atoms with van der Waals surface area (Å²) < 4.78 is 0. The molecule has 1 atom stereocenters. The van der Waals surface area contributed by atoms with E-state index in [1.165, 1.54) is 0 Å². The highest BCUT2D eigenvalue weighted by Crippen LogP contribution is 2.23. The molecule has 2 nitrogen and oxygen atoms in total. The summed E-state index contributed by atoms with van der Waals surface area (Å²) in [5.74, 6) is 0.999. The van der Waals surface area contributed by atoms with Crippen LogP contribution in [0, 0.1) is 11.8 Å². The van der Waals surface area contributed by atoms with Crippen LogP contribution in [0.15, 0.2) is 18.2 Å². The van der Waals surface area contributed by atoms with Crippen LogP contribution in [0.25, 0.3) is 0 Å². The van der Waals surface area contributed by atoms with Crippen LogP contribution in [-0.4, -0.2) is 12.3 Å². The van der Waals surface area contributed by atoms with Gasteiger partial charge in [-0.2, -0.15) is 0 Å². The molecule has 0 spiro atoms. The lowest BCUT2D eigenvalue weighted by molar-refractivity contribution is -0.119. The van der Waals surface area contributed by atoms with E-state index in [1.807, 2.05) is 6.07 Å². The third-order valence-electron chi connectivity index (χ3n) is 3.06. The molecule has 19 heavy (non-hydrogen) atoms. The van der Waals surface area contributed by atoms with Crippen LogP contribution >= 0.6 is 23.2 Å². The summed E-state index contributed by atoms with van der Waals surface area (Å²) in [6, 6.07) is 5.23. The zero-order valence-corrected chi connectivity index (χ0v) is 13.0. The van der Waals surface area contributed by atoms with Crippen LogP contribution < -0.4 is 5.73 Å². The average Bonchev–Trinajstić information content (AvgIpc) is 2.31. The first-order chi connectivity index (χ1) is 8.92. The maximum absolute atomic E-state index is 12.1. The Morgan fingerprint density at radius 1 is 1.32 bits per heavy atom. The number of halogens is 2. The fourth-order valence-corrected chi connectivity index (χ4v) is 2.68. The molecule has 0 saturated carbocycles. The Morgan fingerprint density at radius 2 is 2.00 bits per heavy atom. The summed E-state index contributed by atoms with van der Waals surface area (Å²) in [6.07, 6.45) is 1.86. The Hall–Kier alpha value is -0.570. The summed E-state index contributed by atoms with van der Waals surface area (Å²) in [5.41, 5.74) is 6.55. The van der Waals surface area contributed by atoms with Crippen molar-refractivity contribution < 1.29 is 4.79 Å². The van der Waals surface area contributed by atoms with E-state index >= 15 is 0 Å². The third-order valence-corrected chi connectivity index (χ3v) is 3.64. The Kier molecular flexibility index (Phi) is 6.84. The molecule has 0 heterocycles. The molecule has 0 aliphatic heterocycles. The van der Waals surface area contributed by atoms with E-state index in [-0.39, 0.29) is 11.7 Å². The molecule has 0 aliphatic carbocycles. The second kappa shape index (κ2) is 7.88. The minimum absolute atomic E-state index is 0.181. The van der Waals surface area contributed by atoms with Crippen LogP contribution in [0.4, 0.5) is 0 Å². The van der Waals surface area contributed by atoms with E-state index in [4.69, 9.17) is 28.9 Å². The first kappa shape index (κ1) is 16.5. The number of carbonyl (C=O) groups excluding carboxylic acids is 1. The quantitative estimate of drug-likeness (QED) is 0.823. The van der Waals surface area contributed by atoms with E-state index < -0.39 is 0 Å². The Bertz CT molecular complexity index is 432. The number of Topliss-reactive ketones (excluding diaryl/α,β-unsaturated/α-hetero) is 1. The number of hydrogen-bond acceptors (Lipinski definition) is 2. The summed E-state index contributed by atoms with van der Waals surface area (Å²) in [6.45, 7) is 4.84. The molecule has 106 valence electrons. The molecule has 1 aromatic rings. The predicted octanol–water partition coefficient (Wildman–Crippen LogP) is 4.12. The highest BCUT2D eigenvalue weighted by atomic mass is 35.5. The SMILES string of the molecule is CC(C)CC(CN)CC(=O)Cc1ccc(Cl)cc1Cl. The zero-order chi connectivity index (χ0) is 14.4. The second-order valence-electron chi connectivity index (χ2n) is 5.39. The van der Waals surface area contributed by atoms with Crippen LogP contribution in [0.3, 0.4) is 0 Å². The Labute approximate surface area is 125 Å². The fourth-order valence-electron chi connectivity index (χ4n) is 2.20. The van der Waals surface area contributed by atoms with E-state index in [2.05, 4.69) is 13.8 Å². The van der Waals surface area contributed by atoms with E-state index in [0.29, 0.717) is 35.3 Å². The molecule has 1 unspecified atom stereocenters. The van der Waals surface area contributed by atoms with Gasteiger partial charge in [-0.15, -0.1) is 0 Å². The lowest BCUT2D eigenvalue weighted by atomic mass is 9.91. The topological polar surface area (TPSA) is 43.1 Å². The Balaban J connectivity index is 2.59. The van der Waals surface area contributed by atoms with Gasteiger partial charge >= 0.3 is 0 Å². The van der Waals surface area contributed by atoms with Crippen LogP contribution in [-0.2, 0) is 11.2 Å². The van der Waals surface area contributed by atoms with Crippen molar-refractivity contribution in [2.75, 3.05) is 6.54 Å².